The molecule has 1 aromatic heterocycles. The molecule has 15 heavy (non-hydrogen) atoms. The quantitative estimate of drug-likeness (QED) is 0.847. The van der Waals surface area contributed by atoms with E-state index in [1.807, 2.05) is 0 Å². The lowest BCUT2D eigenvalue weighted by atomic mass is 10.3. The van der Waals surface area contributed by atoms with Crippen molar-refractivity contribution >= 4 is 39.3 Å². The van der Waals surface area contributed by atoms with E-state index in [0.29, 0.717) is 11.6 Å². The number of aromatic nitrogens is 2. The summed E-state index contributed by atoms with van der Waals surface area (Å²) in [6.45, 7) is 1.76. The maximum atomic E-state index is 12.7. The minimum Gasteiger partial charge on any atom is -0.495 e. The number of methoxy groups -OCH3 is 1. The van der Waals surface area contributed by atoms with Crippen molar-refractivity contribution in [3.8, 4) is 5.75 Å². The first kappa shape index (κ1) is 10.8. The van der Waals surface area contributed by atoms with Crippen LogP contribution in [0.3, 0.4) is 0 Å². The zero-order valence-electron chi connectivity index (χ0n) is 8.12. The third-order valence-electron chi connectivity index (χ3n) is 2.11. The molecule has 0 fully saturated rings. The van der Waals surface area contributed by atoms with Gasteiger partial charge in [0.25, 0.3) is 0 Å². The molecule has 6 heteroatoms. The summed E-state index contributed by atoms with van der Waals surface area (Å²) >= 11 is 3.50. The molecule has 2 aromatic rings. The highest BCUT2D eigenvalue weighted by Gasteiger charge is 2.11. The number of aryl methyl sites for hydroxylation is 1. The Bertz CT molecular complexity index is 514. The molecule has 1 aromatic carbocycles. The lowest BCUT2D eigenvalue weighted by molar-refractivity contribution is 0.412. The number of fused-ring (bicyclic) bond motifs is 1. The molecule has 0 amide bonds. The van der Waals surface area contributed by atoms with Gasteiger partial charge in [0.05, 0.1) is 22.6 Å². The molecule has 0 radical (unpaired) electrons. The molecule has 0 N–H and O–H groups in total. The van der Waals surface area contributed by atoms with Crippen LogP contribution in [-0.4, -0.2) is 16.1 Å². The number of imidazole rings is 1. The molecule has 0 aliphatic heterocycles. The van der Waals surface area contributed by atoms with Crippen LogP contribution in [0.4, 0.5) is 3.89 Å². The second-order valence-corrected chi connectivity index (χ2v) is 4.36. The molecule has 0 bridgehead atoms. The SMILES string of the molecule is COc1cc2nc(C)n(SF)c2cc1Br. The Morgan fingerprint density at radius 2 is 2.27 bits per heavy atom. The maximum Gasteiger partial charge on any atom is 0.171 e. The van der Waals surface area contributed by atoms with Gasteiger partial charge in [-0.25, -0.2) is 8.96 Å². The molecule has 80 valence electrons. The van der Waals surface area contributed by atoms with Crippen LogP contribution in [0.1, 0.15) is 5.82 Å². The van der Waals surface area contributed by atoms with E-state index in [1.165, 1.54) is 3.97 Å². The van der Waals surface area contributed by atoms with Gasteiger partial charge in [-0.1, -0.05) is 0 Å². The summed E-state index contributed by atoms with van der Waals surface area (Å²) in [6, 6.07) is 3.57. The average molecular weight is 291 g/mol. The highest BCUT2D eigenvalue weighted by Crippen LogP contribution is 2.32. The Morgan fingerprint density at radius 3 is 2.87 bits per heavy atom. The Balaban J connectivity index is 2.75. The van der Waals surface area contributed by atoms with Gasteiger partial charge in [0.1, 0.15) is 11.6 Å². The third kappa shape index (κ3) is 1.72. The lowest BCUT2D eigenvalue weighted by Crippen LogP contribution is -1.87. The van der Waals surface area contributed by atoms with Gasteiger partial charge in [0, 0.05) is 6.07 Å². The normalized spacial score (nSPS) is 10.9. The minimum absolute atomic E-state index is 0.146. The van der Waals surface area contributed by atoms with E-state index >= 15 is 0 Å². The van der Waals surface area contributed by atoms with E-state index in [1.54, 1.807) is 26.2 Å². The van der Waals surface area contributed by atoms with Crippen molar-refractivity contribution in [2.45, 2.75) is 6.92 Å². The van der Waals surface area contributed by atoms with Crippen LogP contribution in [0, 0.1) is 6.92 Å². The van der Waals surface area contributed by atoms with E-state index < -0.39 is 0 Å². The topological polar surface area (TPSA) is 27.1 Å². The number of hydrogen-bond acceptors (Lipinski definition) is 3. The number of ether oxygens (including phenoxy) is 1. The molecule has 0 atom stereocenters. The van der Waals surface area contributed by atoms with Gasteiger partial charge in [-0.3, -0.25) is 0 Å². The summed E-state index contributed by atoms with van der Waals surface area (Å²) in [4.78, 5) is 4.23. The van der Waals surface area contributed by atoms with Crippen molar-refractivity contribution < 1.29 is 8.62 Å². The third-order valence-corrected chi connectivity index (χ3v) is 3.33. The molecule has 0 unspecified atom stereocenters. The Morgan fingerprint density at radius 1 is 1.53 bits per heavy atom. The molecule has 0 aliphatic rings. The standard InChI is InChI=1S/C9H8BrFN2OS/c1-5-12-7-4-9(14-2)6(10)3-8(7)13(5)15-11/h3-4H,1-2H3. The van der Waals surface area contributed by atoms with E-state index in [4.69, 9.17) is 4.74 Å². The zero-order valence-corrected chi connectivity index (χ0v) is 10.5. The smallest absolute Gasteiger partial charge is 0.171 e. The van der Waals surface area contributed by atoms with Crippen LogP contribution in [-0.2, 0) is 0 Å². The Kier molecular flexibility index (Phi) is 2.88. The first-order valence-corrected chi connectivity index (χ1v) is 5.65. The molecule has 0 saturated heterocycles. The summed E-state index contributed by atoms with van der Waals surface area (Å²) in [5, 5.41) is 0. The molecule has 2 rings (SSSR count). The summed E-state index contributed by atoms with van der Waals surface area (Å²) in [5.74, 6) is 1.31. The van der Waals surface area contributed by atoms with Crippen molar-refractivity contribution in [2.24, 2.45) is 0 Å². The van der Waals surface area contributed by atoms with Gasteiger partial charge >= 0.3 is 0 Å². The predicted molar refractivity (Wildman–Crippen MR) is 62.8 cm³/mol. The molecule has 1 heterocycles. The molecule has 0 spiro atoms. The summed E-state index contributed by atoms with van der Waals surface area (Å²) < 4.78 is 20.0. The number of halogens is 2. The Hall–Kier alpha value is -0.750. The summed E-state index contributed by atoms with van der Waals surface area (Å²) in [7, 11) is 1.58. The van der Waals surface area contributed by atoms with Crippen LogP contribution < -0.4 is 4.74 Å². The fourth-order valence-corrected chi connectivity index (χ4v) is 2.28. The van der Waals surface area contributed by atoms with E-state index in [2.05, 4.69) is 20.9 Å². The van der Waals surface area contributed by atoms with E-state index in [9.17, 15) is 3.89 Å². The van der Waals surface area contributed by atoms with Crippen LogP contribution >= 0.6 is 28.3 Å². The lowest BCUT2D eigenvalue weighted by Gasteiger charge is -2.03. The predicted octanol–water partition coefficient (Wildman–Crippen LogP) is 3.50. The second-order valence-electron chi connectivity index (χ2n) is 3.00. The van der Waals surface area contributed by atoms with Gasteiger partial charge in [-0.05, 0) is 28.9 Å². The fraction of sp³-hybridized carbons (Fsp3) is 0.222. The van der Waals surface area contributed by atoms with Crippen molar-refractivity contribution in [2.75, 3.05) is 7.11 Å². The molecule has 0 saturated carbocycles. The highest BCUT2D eigenvalue weighted by molar-refractivity contribution is 9.10. The first-order chi connectivity index (χ1) is 7.17. The monoisotopic (exact) mass is 290 g/mol. The molecule has 3 nitrogen and oxygen atoms in total. The van der Waals surface area contributed by atoms with Crippen LogP contribution in [0.25, 0.3) is 11.0 Å². The Labute approximate surface area is 99.2 Å². The second kappa shape index (κ2) is 4.02. The summed E-state index contributed by atoms with van der Waals surface area (Å²) in [6.07, 6.45) is 0. The van der Waals surface area contributed by atoms with Crippen molar-refractivity contribution in [1.82, 2.24) is 8.96 Å². The minimum atomic E-state index is 0.146. The van der Waals surface area contributed by atoms with Crippen molar-refractivity contribution in [3.63, 3.8) is 0 Å². The van der Waals surface area contributed by atoms with E-state index in [-0.39, 0.29) is 12.3 Å². The fourth-order valence-electron chi connectivity index (χ4n) is 1.42. The number of benzene rings is 1. The molecular formula is C9H8BrFN2OS. The van der Waals surface area contributed by atoms with Gasteiger partial charge in [0.2, 0.25) is 0 Å². The first-order valence-electron chi connectivity index (χ1n) is 4.19. The zero-order chi connectivity index (χ0) is 11.0. The van der Waals surface area contributed by atoms with Gasteiger partial charge in [-0.15, -0.1) is 3.89 Å². The van der Waals surface area contributed by atoms with Crippen LogP contribution in [0.15, 0.2) is 16.6 Å². The van der Waals surface area contributed by atoms with E-state index in [0.717, 1.165) is 15.5 Å². The maximum absolute atomic E-state index is 12.7. The van der Waals surface area contributed by atoms with Gasteiger partial charge in [0.15, 0.2) is 12.3 Å². The van der Waals surface area contributed by atoms with Gasteiger partial charge in [-0.2, -0.15) is 0 Å². The average Bonchev–Trinajstić information content (AvgIpc) is 2.51. The molecule has 0 aliphatic carbocycles. The van der Waals surface area contributed by atoms with Crippen LogP contribution in [0.5, 0.6) is 5.75 Å². The van der Waals surface area contributed by atoms with Crippen LogP contribution in [0.2, 0.25) is 0 Å². The largest absolute Gasteiger partial charge is 0.495 e. The van der Waals surface area contributed by atoms with Gasteiger partial charge < -0.3 is 4.74 Å². The summed E-state index contributed by atoms with van der Waals surface area (Å²) in [5.41, 5.74) is 1.45. The number of nitrogens with zero attached hydrogens (tertiary/aromatic N) is 2. The molecular weight excluding hydrogens is 283 g/mol. The highest BCUT2D eigenvalue weighted by atomic mass is 79.9. The number of hydrogen-bond donors (Lipinski definition) is 0. The van der Waals surface area contributed by atoms with Crippen molar-refractivity contribution in [3.05, 3.63) is 22.4 Å². The number of rotatable bonds is 2. The van der Waals surface area contributed by atoms with Crippen molar-refractivity contribution in [1.29, 1.82) is 0 Å².